The molecule has 0 aromatic heterocycles. The fraction of sp³-hybridized carbons (Fsp3) is 0.696. The number of hydrogen-bond donors (Lipinski definition) is 3. The van der Waals surface area contributed by atoms with E-state index in [4.69, 9.17) is 5.11 Å². The lowest BCUT2D eigenvalue weighted by Gasteiger charge is -2.24. The maximum Gasteiger partial charge on any atom is 0.303 e. The number of carboxylic acid groups (broad SMARTS) is 1. The minimum Gasteiger partial charge on any atom is -0.512 e. The average molecular weight is 375 g/mol. The van der Waals surface area contributed by atoms with Crippen LogP contribution in [0.25, 0.3) is 0 Å². The van der Waals surface area contributed by atoms with E-state index in [-0.39, 0.29) is 23.7 Å². The van der Waals surface area contributed by atoms with Crippen LogP contribution in [0.2, 0.25) is 0 Å². The summed E-state index contributed by atoms with van der Waals surface area (Å²) in [5.41, 5.74) is 1.36. The van der Waals surface area contributed by atoms with Gasteiger partial charge in [0.05, 0.1) is 11.9 Å². The normalized spacial score (nSPS) is 27.7. The quantitative estimate of drug-likeness (QED) is 0.233. The maximum absolute atomic E-state index is 10.7. The Bertz CT molecular complexity index is 647. The predicted octanol–water partition coefficient (Wildman–Crippen LogP) is 4.85. The first kappa shape index (κ1) is 21.6. The van der Waals surface area contributed by atoms with E-state index in [1.165, 1.54) is 5.57 Å². The Kier molecular flexibility index (Phi) is 7.56. The summed E-state index contributed by atoms with van der Waals surface area (Å²) < 4.78 is 0. The fourth-order valence-corrected chi connectivity index (χ4v) is 4.44. The first-order chi connectivity index (χ1) is 12.7. The Balaban J connectivity index is 1.92. The van der Waals surface area contributed by atoms with E-state index in [9.17, 15) is 15.0 Å². The number of fused-ring (bicyclic) bond motifs is 1. The minimum atomic E-state index is -0.738. The van der Waals surface area contributed by atoms with Gasteiger partial charge in [0, 0.05) is 18.8 Å². The SMILES string of the molecule is CC#CCC(C)(C)CC=C(O)[C@H]1[C@@H]2CC(CCCCC(=O)O)=C[C@@H]2C[C@@H]1O. The highest BCUT2D eigenvalue weighted by Crippen LogP contribution is 2.50. The number of aliphatic hydroxyl groups excluding tert-OH is 2. The molecule has 2 aliphatic rings. The molecule has 4 nitrogen and oxygen atoms in total. The molecule has 1 saturated carbocycles. The van der Waals surface area contributed by atoms with Crippen LogP contribution in [0.15, 0.2) is 23.5 Å². The van der Waals surface area contributed by atoms with Crippen LogP contribution in [-0.2, 0) is 4.79 Å². The highest BCUT2D eigenvalue weighted by Gasteiger charge is 2.46. The molecule has 3 N–H and O–H groups in total. The lowest BCUT2D eigenvalue weighted by molar-refractivity contribution is -0.137. The van der Waals surface area contributed by atoms with Gasteiger partial charge in [0.1, 0.15) is 0 Å². The zero-order valence-electron chi connectivity index (χ0n) is 16.9. The van der Waals surface area contributed by atoms with E-state index in [0.29, 0.717) is 24.5 Å². The van der Waals surface area contributed by atoms with Crippen molar-refractivity contribution >= 4 is 5.97 Å². The van der Waals surface area contributed by atoms with Crippen molar-refractivity contribution in [3.05, 3.63) is 23.5 Å². The number of carbonyl (C=O) groups is 1. The van der Waals surface area contributed by atoms with Crippen molar-refractivity contribution in [3.8, 4) is 11.8 Å². The van der Waals surface area contributed by atoms with Crippen LogP contribution in [-0.4, -0.2) is 27.4 Å². The predicted molar refractivity (Wildman–Crippen MR) is 107 cm³/mol. The molecule has 0 aromatic rings. The van der Waals surface area contributed by atoms with Crippen molar-refractivity contribution in [3.63, 3.8) is 0 Å². The molecule has 150 valence electrons. The lowest BCUT2D eigenvalue weighted by atomic mass is 9.83. The number of hydrogen-bond acceptors (Lipinski definition) is 3. The molecule has 0 bridgehead atoms. The number of unbranched alkanes of at least 4 members (excludes halogenated alkanes) is 1. The van der Waals surface area contributed by atoms with Gasteiger partial charge in [-0.25, -0.2) is 0 Å². The van der Waals surface area contributed by atoms with Crippen LogP contribution in [0, 0.1) is 35.0 Å². The Hall–Kier alpha value is -1.73. The van der Waals surface area contributed by atoms with E-state index in [1.54, 1.807) is 0 Å². The Morgan fingerprint density at radius 1 is 1.33 bits per heavy atom. The second-order valence-electron chi connectivity index (χ2n) is 8.89. The van der Waals surface area contributed by atoms with E-state index in [2.05, 4.69) is 31.8 Å². The summed E-state index contributed by atoms with van der Waals surface area (Å²) in [7, 11) is 0. The summed E-state index contributed by atoms with van der Waals surface area (Å²) in [4.78, 5) is 10.6. The average Bonchev–Trinajstić information content (AvgIpc) is 3.10. The van der Waals surface area contributed by atoms with E-state index < -0.39 is 12.1 Å². The number of aliphatic carboxylic acids is 1. The van der Waals surface area contributed by atoms with Crippen molar-refractivity contribution in [1.82, 2.24) is 0 Å². The van der Waals surface area contributed by atoms with Crippen LogP contribution >= 0.6 is 0 Å². The van der Waals surface area contributed by atoms with Crippen LogP contribution in [0.1, 0.15) is 72.1 Å². The van der Waals surface area contributed by atoms with Crippen LogP contribution in [0.3, 0.4) is 0 Å². The standard InChI is InChI=1S/C23H34O4/c1-4-5-11-23(2,3)12-10-19(24)22-18-14-16(8-6-7-9-21(26)27)13-17(18)15-20(22)25/h10,13,17-18,20,22,24-25H,6-9,11-12,14-15H2,1-3H3,(H,26,27)/t17-,18-,20+,22-/m1/s1. The fourth-order valence-electron chi connectivity index (χ4n) is 4.44. The lowest BCUT2D eigenvalue weighted by Crippen LogP contribution is -2.22. The molecule has 2 aliphatic carbocycles. The summed E-state index contributed by atoms with van der Waals surface area (Å²) in [6, 6.07) is 0. The summed E-state index contributed by atoms with van der Waals surface area (Å²) in [6.07, 6.45) is 9.55. The number of aliphatic hydroxyl groups is 2. The highest BCUT2D eigenvalue weighted by atomic mass is 16.4. The molecular formula is C23H34O4. The zero-order chi connectivity index (χ0) is 20.0. The van der Waals surface area contributed by atoms with Gasteiger partial charge >= 0.3 is 5.97 Å². The molecule has 4 heteroatoms. The molecule has 0 unspecified atom stereocenters. The molecule has 1 fully saturated rings. The second-order valence-corrected chi connectivity index (χ2v) is 8.89. The Morgan fingerprint density at radius 2 is 2.07 bits per heavy atom. The van der Waals surface area contributed by atoms with E-state index in [0.717, 1.165) is 32.1 Å². The molecule has 2 rings (SSSR count). The van der Waals surface area contributed by atoms with Crippen LogP contribution in [0.4, 0.5) is 0 Å². The van der Waals surface area contributed by atoms with Gasteiger partial charge < -0.3 is 15.3 Å². The molecule has 27 heavy (non-hydrogen) atoms. The van der Waals surface area contributed by atoms with Crippen molar-refractivity contribution < 1.29 is 20.1 Å². The Labute approximate surface area is 163 Å². The first-order valence-electron chi connectivity index (χ1n) is 10.1. The second kappa shape index (κ2) is 9.46. The number of allylic oxidation sites excluding steroid dienone is 3. The van der Waals surface area contributed by atoms with Crippen molar-refractivity contribution in [2.45, 2.75) is 78.2 Å². The maximum atomic E-state index is 10.7. The molecule has 0 heterocycles. The molecule has 0 radical (unpaired) electrons. The number of carboxylic acids is 1. The van der Waals surface area contributed by atoms with Crippen LogP contribution < -0.4 is 0 Å². The van der Waals surface area contributed by atoms with E-state index >= 15 is 0 Å². The third-order valence-electron chi connectivity index (χ3n) is 5.97. The molecule has 0 amide bonds. The van der Waals surface area contributed by atoms with Gasteiger partial charge in [-0.2, -0.15) is 0 Å². The van der Waals surface area contributed by atoms with Crippen molar-refractivity contribution in [2.24, 2.45) is 23.2 Å². The van der Waals surface area contributed by atoms with E-state index in [1.807, 2.05) is 13.0 Å². The smallest absolute Gasteiger partial charge is 0.303 e. The molecule has 0 saturated heterocycles. The minimum absolute atomic E-state index is 0.00315. The van der Waals surface area contributed by atoms with Gasteiger partial charge in [-0.3, -0.25) is 4.79 Å². The first-order valence-corrected chi connectivity index (χ1v) is 10.1. The third kappa shape index (κ3) is 6.14. The van der Waals surface area contributed by atoms with Gasteiger partial charge in [-0.1, -0.05) is 25.5 Å². The highest BCUT2D eigenvalue weighted by molar-refractivity contribution is 5.66. The number of rotatable bonds is 9. The summed E-state index contributed by atoms with van der Waals surface area (Å²) in [5, 5.41) is 29.9. The van der Waals surface area contributed by atoms with Crippen molar-refractivity contribution in [1.29, 1.82) is 0 Å². The van der Waals surface area contributed by atoms with Gasteiger partial charge in [0.15, 0.2) is 0 Å². The van der Waals surface area contributed by atoms with Gasteiger partial charge in [0.25, 0.3) is 0 Å². The monoisotopic (exact) mass is 374 g/mol. The third-order valence-corrected chi connectivity index (χ3v) is 5.97. The van der Waals surface area contributed by atoms with Crippen molar-refractivity contribution in [2.75, 3.05) is 0 Å². The van der Waals surface area contributed by atoms with Gasteiger partial charge in [-0.05, 0) is 68.8 Å². The summed E-state index contributed by atoms with van der Waals surface area (Å²) >= 11 is 0. The van der Waals surface area contributed by atoms with Gasteiger partial charge in [0.2, 0.25) is 0 Å². The van der Waals surface area contributed by atoms with Gasteiger partial charge in [-0.15, -0.1) is 11.8 Å². The topological polar surface area (TPSA) is 77.8 Å². The summed E-state index contributed by atoms with van der Waals surface area (Å²) in [5.74, 6) is 6.03. The molecular weight excluding hydrogens is 340 g/mol. The zero-order valence-corrected chi connectivity index (χ0v) is 16.9. The summed E-state index contributed by atoms with van der Waals surface area (Å²) in [6.45, 7) is 6.12. The Morgan fingerprint density at radius 3 is 2.74 bits per heavy atom. The molecule has 0 spiro atoms. The molecule has 0 aliphatic heterocycles. The largest absolute Gasteiger partial charge is 0.512 e. The molecule has 0 aromatic carbocycles. The van der Waals surface area contributed by atoms with Crippen LogP contribution in [0.5, 0.6) is 0 Å². The molecule has 4 atom stereocenters.